The SMILES string of the molecule is CCCCCCCCCCCCCCCCCCCCCC[N+](CCC)(CCC)CCCCCC[N+](CCC)(CCC)CCC. The van der Waals surface area contributed by atoms with Crippen molar-refractivity contribution in [1.29, 1.82) is 0 Å². The maximum Gasteiger partial charge on any atom is 0.0786 e. The quantitative estimate of drug-likeness (QED) is 0.0467. The Hall–Kier alpha value is -0.0800. The minimum absolute atomic E-state index is 1.34. The van der Waals surface area contributed by atoms with E-state index in [0.717, 1.165) is 0 Å². The van der Waals surface area contributed by atoms with Gasteiger partial charge in [-0.1, -0.05) is 157 Å². The van der Waals surface area contributed by atoms with Crippen LogP contribution < -0.4 is 0 Å². The van der Waals surface area contributed by atoms with Crippen LogP contribution in [0.2, 0.25) is 0 Å². The molecular weight excluding hydrogens is 544 g/mol. The molecule has 2 heteroatoms. The van der Waals surface area contributed by atoms with E-state index in [1.807, 2.05) is 0 Å². The highest BCUT2D eigenvalue weighted by atomic mass is 15.4. The van der Waals surface area contributed by atoms with Crippen molar-refractivity contribution in [2.24, 2.45) is 0 Å². The molecule has 0 fully saturated rings. The minimum atomic E-state index is 1.34. The monoisotopic (exact) mass is 637 g/mol. The molecule has 0 radical (unpaired) electrons. The van der Waals surface area contributed by atoms with Gasteiger partial charge in [0, 0.05) is 0 Å². The fourth-order valence-corrected chi connectivity index (χ4v) is 8.66. The van der Waals surface area contributed by atoms with E-state index in [2.05, 4.69) is 41.5 Å². The van der Waals surface area contributed by atoms with Crippen molar-refractivity contribution >= 4 is 0 Å². The summed E-state index contributed by atoms with van der Waals surface area (Å²) in [6.07, 6.45) is 42.0. The average Bonchev–Trinajstić information content (AvgIpc) is 3.02. The minimum Gasteiger partial charge on any atom is -0.324 e. The van der Waals surface area contributed by atoms with Gasteiger partial charge in [-0.3, -0.25) is 0 Å². The van der Waals surface area contributed by atoms with Crippen molar-refractivity contribution in [1.82, 2.24) is 0 Å². The van der Waals surface area contributed by atoms with Crippen LogP contribution in [0.1, 0.15) is 228 Å². The van der Waals surface area contributed by atoms with E-state index >= 15 is 0 Å². The van der Waals surface area contributed by atoms with Gasteiger partial charge in [-0.25, -0.2) is 0 Å². The molecule has 0 aliphatic carbocycles. The largest absolute Gasteiger partial charge is 0.324 e. The Labute approximate surface area is 288 Å². The molecule has 45 heavy (non-hydrogen) atoms. The summed E-state index contributed by atoms with van der Waals surface area (Å²) in [6, 6.07) is 0. The maximum absolute atomic E-state index is 2.42. The normalized spacial score (nSPS) is 12.4. The molecule has 2 nitrogen and oxygen atoms in total. The first-order valence-corrected chi connectivity index (χ1v) is 21.8. The van der Waals surface area contributed by atoms with Crippen LogP contribution in [0.5, 0.6) is 0 Å². The summed E-state index contributed by atoms with van der Waals surface area (Å²) in [5.74, 6) is 0. The van der Waals surface area contributed by atoms with E-state index in [4.69, 9.17) is 0 Å². The van der Waals surface area contributed by atoms with Gasteiger partial charge in [0.25, 0.3) is 0 Å². The second-order valence-corrected chi connectivity index (χ2v) is 15.6. The lowest BCUT2D eigenvalue weighted by Gasteiger charge is -2.39. The number of hydrogen-bond acceptors (Lipinski definition) is 0. The van der Waals surface area contributed by atoms with Crippen molar-refractivity contribution in [2.45, 2.75) is 228 Å². The van der Waals surface area contributed by atoms with Gasteiger partial charge in [-0.15, -0.1) is 0 Å². The van der Waals surface area contributed by atoms with Gasteiger partial charge in [0.05, 0.1) is 52.4 Å². The molecule has 0 aromatic rings. The molecule has 0 atom stereocenters. The predicted molar refractivity (Wildman–Crippen MR) is 207 cm³/mol. The van der Waals surface area contributed by atoms with Crippen molar-refractivity contribution in [3.63, 3.8) is 0 Å². The third-order valence-corrected chi connectivity index (χ3v) is 11.0. The van der Waals surface area contributed by atoms with Gasteiger partial charge in [0.1, 0.15) is 0 Å². The zero-order chi connectivity index (χ0) is 33.2. The predicted octanol–water partition coefficient (Wildman–Crippen LogP) is 14.1. The number of unbranched alkanes of at least 4 members (excludes halogenated alkanes) is 22. The Kier molecular flexibility index (Phi) is 33.7. The fraction of sp³-hybridized carbons (Fsp3) is 1.00. The lowest BCUT2D eigenvalue weighted by Crippen LogP contribution is -2.50. The molecule has 0 saturated carbocycles. The molecule has 272 valence electrons. The van der Waals surface area contributed by atoms with Crippen LogP contribution in [0.4, 0.5) is 0 Å². The highest BCUT2D eigenvalue weighted by Gasteiger charge is 2.26. The second kappa shape index (κ2) is 33.8. The van der Waals surface area contributed by atoms with Gasteiger partial charge in [0.15, 0.2) is 0 Å². The zero-order valence-electron chi connectivity index (χ0n) is 33.1. The first-order chi connectivity index (χ1) is 22.1. The standard InChI is InChI=1S/C43H92N2/c1-7-13-14-15-16-17-18-19-20-21-22-23-24-25-26-27-28-29-30-33-42-45(39-11-5,40-12-6)43-35-32-31-34-41-44(36-8-2,37-9-3)38-10-4/h7-43H2,1-6H3/q+2. The Bertz CT molecular complexity index is 535. The topological polar surface area (TPSA) is 0 Å². The molecule has 0 rings (SSSR count). The first-order valence-electron chi connectivity index (χ1n) is 21.8. The highest BCUT2D eigenvalue weighted by molar-refractivity contribution is 4.54. The van der Waals surface area contributed by atoms with Gasteiger partial charge in [-0.2, -0.15) is 0 Å². The van der Waals surface area contributed by atoms with Gasteiger partial charge >= 0.3 is 0 Å². The second-order valence-electron chi connectivity index (χ2n) is 15.6. The van der Waals surface area contributed by atoms with Crippen molar-refractivity contribution < 1.29 is 8.97 Å². The summed E-state index contributed by atoms with van der Waals surface area (Å²) in [4.78, 5) is 0. The molecule has 0 saturated heterocycles. The van der Waals surface area contributed by atoms with Crippen LogP contribution in [-0.4, -0.2) is 61.3 Å². The number of hydrogen-bond donors (Lipinski definition) is 0. The molecule has 0 heterocycles. The summed E-state index contributed by atoms with van der Waals surface area (Å²) < 4.78 is 2.82. The molecular formula is C43H92N2+2. The van der Waals surface area contributed by atoms with E-state index < -0.39 is 0 Å². The highest BCUT2D eigenvalue weighted by Crippen LogP contribution is 2.20. The van der Waals surface area contributed by atoms with Crippen LogP contribution in [0.15, 0.2) is 0 Å². The van der Waals surface area contributed by atoms with Gasteiger partial charge in [-0.05, 0) is 70.6 Å². The Balaban J connectivity index is 3.96. The third-order valence-electron chi connectivity index (χ3n) is 11.0. The van der Waals surface area contributed by atoms with E-state index in [1.165, 1.54) is 248 Å². The molecule has 0 aromatic carbocycles. The summed E-state index contributed by atoms with van der Waals surface area (Å²) >= 11 is 0. The van der Waals surface area contributed by atoms with E-state index in [9.17, 15) is 0 Å². The molecule has 0 N–H and O–H groups in total. The van der Waals surface area contributed by atoms with Crippen molar-refractivity contribution in [3.05, 3.63) is 0 Å². The van der Waals surface area contributed by atoms with Crippen molar-refractivity contribution in [2.75, 3.05) is 52.4 Å². The molecule has 0 aliphatic rings. The number of quaternary nitrogens is 2. The smallest absolute Gasteiger partial charge is 0.0786 e. The molecule has 0 aromatic heterocycles. The van der Waals surface area contributed by atoms with E-state index in [1.54, 1.807) is 0 Å². The summed E-state index contributed by atoms with van der Waals surface area (Å²) in [5, 5.41) is 0. The molecule has 0 bridgehead atoms. The Morgan fingerprint density at radius 2 is 0.356 bits per heavy atom. The van der Waals surface area contributed by atoms with E-state index in [-0.39, 0.29) is 0 Å². The van der Waals surface area contributed by atoms with Gasteiger partial charge < -0.3 is 8.97 Å². The Morgan fingerprint density at radius 1 is 0.178 bits per heavy atom. The van der Waals surface area contributed by atoms with Crippen molar-refractivity contribution in [3.8, 4) is 0 Å². The lowest BCUT2D eigenvalue weighted by molar-refractivity contribution is -0.929. The van der Waals surface area contributed by atoms with Crippen LogP contribution >= 0.6 is 0 Å². The van der Waals surface area contributed by atoms with Crippen LogP contribution in [0, 0.1) is 0 Å². The summed E-state index contributed by atoms with van der Waals surface area (Å²) in [7, 11) is 0. The number of nitrogens with zero attached hydrogens (tertiary/aromatic N) is 2. The van der Waals surface area contributed by atoms with Crippen LogP contribution in [-0.2, 0) is 0 Å². The molecule has 0 aliphatic heterocycles. The zero-order valence-corrected chi connectivity index (χ0v) is 33.1. The van der Waals surface area contributed by atoms with E-state index in [0.29, 0.717) is 0 Å². The summed E-state index contributed by atoms with van der Waals surface area (Å²) in [6.45, 7) is 25.7. The summed E-state index contributed by atoms with van der Waals surface area (Å²) in [5.41, 5.74) is 0. The molecule has 0 unspecified atom stereocenters. The molecule has 0 amide bonds. The van der Waals surface area contributed by atoms with Gasteiger partial charge in [0.2, 0.25) is 0 Å². The third kappa shape index (κ3) is 26.5. The maximum atomic E-state index is 2.42. The first kappa shape index (κ1) is 44.9. The lowest BCUT2D eigenvalue weighted by atomic mass is 10.0. The van der Waals surface area contributed by atoms with Crippen LogP contribution in [0.3, 0.4) is 0 Å². The average molecular weight is 637 g/mol. The van der Waals surface area contributed by atoms with Crippen LogP contribution in [0.25, 0.3) is 0 Å². The molecule has 0 spiro atoms. The Morgan fingerprint density at radius 3 is 0.556 bits per heavy atom. The number of rotatable bonds is 38. The fourth-order valence-electron chi connectivity index (χ4n) is 8.66.